The minimum Gasteiger partial charge on any atom is -0.492 e. The lowest BCUT2D eigenvalue weighted by Gasteiger charge is -2.11. The molecule has 0 radical (unpaired) electrons. The molecule has 1 heterocycles. The van der Waals surface area contributed by atoms with Gasteiger partial charge < -0.3 is 10.1 Å². The molecule has 2 aromatic rings. The molecular weight excluding hydrogens is 292 g/mol. The van der Waals surface area contributed by atoms with Crippen molar-refractivity contribution in [3.05, 3.63) is 40.4 Å². The Morgan fingerprint density at radius 2 is 2.25 bits per heavy atom. The summed E-state index contributed by atoms with van der Waals surface area (Å²) in [6.07, 6.45) is 2.77. The van der Waals surface area contributed by atoms with Crippen molar-refractivity contribution >= 4 is 28.1 Å². The molecule has 0 unspecified atom stereocenters. The second-order valence-corrected chi connectivity index (χ2v) is 6.27. The molecule has 0 aliphatic rings. The minimum atomic E-state index is 0.583. The lowest BCUT2D eigenvalue weighted by atomic mass is 10.0. The number of anilines is 1. The van der Waals surface area contributed by atoms with Crippen LogP contribution in [0.25, 0.3) is 0 Å². The molecule has 0 aliphatic heterocycles. The molecule has 3 nitrogen and oxygen atoms in total. The van der Waals surface area contributed by atoms with E-state index in [0.29, 0.717) is 12.5 Å². The predicted octanol–water partition coefficient (Wildman–Crippen LogP) is 4.49. The van der Waals surface area contributed by atoms with Gasteiger partial charge in [0.25, 0.3) is 0 Å². The summed E-state index contributed by atoms with van der Waals surface area (Å²) >= 11 is 7.84. The van der Waals surface area contributed by atoms with E-state index in [9.17, 15) is 0 Å². The quantitative estimate of drug-likeness (QED) is 0.765. The number of ether oxygens (including phenoxy) is 1. The van der Waals surface area contributed by atoms with Crippen LogP contribution in [-0.4, -0.2) is 18.1 Å². The van der Waals surface area contributed by atoms with Crippen LogP contribution in [0.3, 0.4) is 0 Å². The summed E-state index contributed by atoms with van der Waals surface area (Å²) in [6, 6.07) is 5.92. The van der Waals surface area contributed by atoms with Crippen molar-refractivity contribution < 1.29 is 4.74 Å². The SMILES string of the molecule is CC(C)Cc1ccc(OCCNc2nccs2)cc1Cl. The van der Waals surface area contributed by atoms with Gasteiger partial charge in [0.15, 0.2) is 5.13 Å². The number of hydrogen-bond acceptors (Lipinski definition) is 4. The van der Waals surface area contributed by atoms with Crippen LogP contribution in [-0.2, 0) is 6.42 Å². The third-order valence-electron chi connectivity index (χ3n) is 2.73. The van der Waals surface area contributed by atoms with Crippen molar-refractivity contribution in [1.82, 2.24) is 4.98 Å². The standard InChI is InChI=1S/C15H19ClN2OS/c1-11(2)9-12-3-4-13(10-14(12)16)19-7-5-17-15-18-6-8-20-15/h3-4,6,8,10-11H,5,7,9H2,1-2H3,(H,17,18). The van der Waals surface area contributed by atoms with E-state index < -0.39 is 0 Å². The fourth-order valence-electron chi connectivity index (χ4n) is 1.86. The first-order valence-electron chi connectivity index (χ1n) is 6.69. The highest BCUT2D eigenvalue weighted by Crippen LogP contribution is 2.24. The van der Waals surface area contributed by atoms with Gasteiger partial charge in [0.2, 0.25) is 0 Å². The first-order valence-corrected chi connectivity index (χ1v) is 7.95. The van der Waals surface area contributed by atoms with Crippen molar-refractivity contribution in [2.45, 2.75) is 20.3 Å². The summed E-state index contributed by atoms with van der Waals surface area (Å²) in [7, 11) is 0. The lowest BCUT2D eigenvalue weighted by Crippen LogP contribution is -2.11. The Labute approximate surface area is 129 Å². The van der Waals surface area contributed by atoms with E-state index in [1.807, 2.05) is 23.6 Å². The van der Waals surface area contributed by atoms with Gasteiger partial charge in [0.1, 0.15) is 12.4 Å². The van der Waals surface area contributed by atoms with E-state index in [-0.39, 0.29) is 0 Å². The molecule has 2 rings (SSSR count). The monoisotopic (exact) mass is 310 g/mol. The molecular formula is C15H19ClN2OS. The van der Waals surface area contributed by atoms with Crippen LogP contribution < -0.4 is 10.1 Å². The smallest absolute Gasteiger partial charge is 0.182 e. The number of thiazole rings is 1. The maximum atomic E-state index is 6.26. The summed E-state index contributed by atoms with van der Waals surface area (Å²) in [4.78, 5) is 4.14. The van der Waals surface area contributed by atoms with Crippen LogP contribution in [0.4, 0.5) is 5.13 Å². The van der Waals surface area contributed by atoms with Crippen LogP contribution in [0, 0.1) is 5.92 Å². The maximum absolute atomic E-state index is 6.26. The van der Waals surface area contributed by atoms with E-state index in [2.05, 4.69) is 24.1 Å². The Kier molecular flexibility index (Phi) is 5.68. The number of nitrogens with one attached hydrogen (secondary N) is 1. The van der Waals surface area contributed by atoms with Gasteiger partial charge >= 0.3 is 0 Å². The van der Waals surface area contributed by atoms with Crippen LogP contribution in [0.1, 0.15) is 19.4 Å². The van der Waals surface area contributed by atoms with Gasteiger partial charge in [0, 0.05) is 16.6 Å². The van der Waals surface area contributed by atoms with Crippen molar-refractivity contribution in [2.24, 2.45) is 5.92 Å². The Balaban J connectivity index is 1.79. The highest BCUT2D eigenvalue weighted by molar-refractivity contribution is 7.13. The fraction of sp³-hybridized carbons (Fsp3) is 0.400. The summed E-state index contributed by atoms with van der Waals surface area (Å²) in [5, 5.41) is 6.83. The number of nitrogens with zero attached hydrogens (tertiary/aromatic N) is 1. The number of hydrogen-bond donors (Lipinski definition) is 1. The molecule has 20 heavy (non-hydrogen) atoms. The average molecular weight is 311 g/mol. The molecule has 108 valence electrons. The third kappa shape index (κ3) is 4.69. The Hall–Kier alpha value is -1.26. The van der Waals surface area contributed by atoms with Gasteiger partial charge in [0.05, 0.1) is 6.54 Å². The molecule has 0 atom stereocenters. The van der Waals surface area contributed by atoms with Gasteiger partial charge in [-0.2, -0.15) is 0 Å². The first-order chi connectivity index (χ1) is 9.65. The maximum Gasteiger partial charge on any atom is 0.182 e. The Bertz CT molecular complexity index is 529. The molecule has 1 aromatic carbocycles. The Morgan fingerprint density at radius 3 is 2.90 bits per heavy atom. The zero-order valence-corrected chi connectivity index (χ0v) is 13.3. The van der Waals surface area contributed by atoms with Crippen molar-refractivity contribution in [1.29, 1.82) is 0 Å². The van der Waals surface area contributed by atoms with E-state index in [1.54, 1.807) is 17.5 Å². The highest BCUT2D eigenvalue weighted by Gasteiger charge is 2.05. The third-order valence-corrected chi connectivity index (χ3v) is 3.81. The van der Waals surface area contributed by atoms with Gasteiger partial charge in [-0.1, -0.05) is 31.5 Å². The molecule has 0 spiro atoms. The molecule has 0 bridgehead atoms. The van der Waals surface area contributed by atoms with E-state index in [4.69, 9.17) is 16.3 Å². The molecule has 1 N–H and O–H groups in total. The van der Waals surface area contributed by atoms with E-state index in [1.165, 1.54) is 5.56 Å². The normalized spacial score (nSPS) is 10.8. The van der Waals surface area contributed by atoms with E-state index >= 15 is 0 Å². The van der Waals surface area contributed by atoms with Crippen LogP contribution in [0.2, 0.25) is 5.02 Å². The topological polar surface area (TPSA) is 34.1 Å². The van der Waals surface area contributed by atoms with Crippen molar-refractivity contribution in [3.8, 4) is 5.75 Å². The fourth-order valence-corrected chi connectivity index (χ4v) is 2.67. The first kappa shape index (κ1) is 15.1. The molecule has 0 fully saturated rings. The predicted molar refractivity (Wildman–Crippen MR) is 86.1 cm³/mol. The zero-order valence-electron chi connectivity index (χ0n) is 11.7. The highest BCUT2D eigenvalue weighted by atomic mass is 35.5. The summed E-state index contributed by atoms with van der Waals surface area (Å²) < 4.78 is 5.68. The molecule has 5 heteroatoms. The molecule has 0 saturated carbocycles. The van der Waals surface area contributed by atoms with E-state index in [0.717, 1.165) is 28.9 Å². The van der Waals surface area contributed by atoms with Gasteiger partial charge in [-0.15, -0.1) is 11.3 Å². The van der Waals surface area contributed by atoms with Crippen molar-refractivity contribution in [3.63, 3.8) is 0 Å². The number of rotatable bonds is 7. The molecule has 0 aliphatic carbocycles. The molecule has 1 aromatic heterocycles. The number of benzene rings is 1. The molecule has 0 amide bonds. The van der Waals surface area contributed by atoms with Crippen LogP contribution in [0.15, 0.2) is 29.8 Å². The average Bonchev–Trinajstić information content (AvgIpc) is 2.90. The van der Waals surface area contributed by atoms with Gasteiger partial charge in [-0.05, 0) is 30.0 Å². The minimum absolute atomic E-state index is 0.583. The lowest BCUT2D eigenvalue weighted by molar-refractivity contribution is 0.333. The van der Waals surface area contributed by atoms with Gasteiger partial charge in [-0.3, -0.25) is 0 Å². The van der Waals surface area contributed by atoms with Crippen LogP contribution in [0.5, 0.6) is 5.75 Å². The number of aromatic nitrogens is 1. The van der Waals surface area contributed by atoms with Crippen LogP contribution >= 0.6 is 22.9 Å². The molecule has 0 saturated heterocycles. The Morgan fingerprint density at radius 1 is 1.40 bits per heavy atom. The second-order valence-electron chi connectivity index (χ2n) is 4.96. The van der Waals surface area contributed by atoms with Crippen molar-refractivity contribution in [2.75, 3.05) is 18.5 Å². The second kappa shape index (κ2) is 7.50. The summed E-state index contributed by atoms with van der Waals surface area (Å²) in [5.74, 6) is 1.41. The summed E-state index contributed by atoms with van der Waals surface area (Å²) in [5.41, 5.74) is 1.18. The zero-order chi connectivity index (χ0) is 14.4. The van der Waals surface area contributed by atoms with Gasteiger partial charge in [-0.25, -0.2) is 4.98 Å². The largest absolute Gasteiger partial charge is 0.492 e. The summed E-state index contributed by atoms with van der Waals surface area (Å²) in [6.45, 7) is 5.67. The number of halogens is 1.